The molecule has 3 heteroatoms. The van der Waals surface area contributed by atoms with Crippen LogP contribution in [0.2, 0.25) is 0 Å². The number of ether oxygens (including phenoxy) is 1. The average molecular weight is 223 g/mol. The second kappa shape index (κ2) is 6.55. The van der Waals surface area contributed by atoms with Gasteiger partial charge in [-0.1, -0.05) is 5.92 Å². The molecule has 0 saturated carbocycles. The zero-order valence-electron chi connectivity index (χ0n) is 10.5. The van der Waals surface area contributed by atoms with Gasteiger partial charge in [0.2, 0.25) is 0 Å². The predicted molar refractivity (Wildman–Crippen MR) is 63.8 cm³/mol. The molecule has 0 bridgehead atoms. The highest BCUT2D eigenvalue weighted by Crippen LogP contribution is 2.21. The molecule has 0 spiro atoms. The SMILES string of the molecule is COC(=O)C#CCC1CCN(C(C)C)CC1. The lowest BCUT2D eigenvalue weighted by Gasteiger charge is -2.33. The molecule has 1 aliphatic rings. The lowest BCUT2D eigenvalue weighted by atomic mass is 9.93. The van der Waals surface area contributed by atoms with Crippen LogP contribution in [0, 0.1) is 17.8 Å². The first kappa shape index (κ1) is 13.1. The van der Waals surface area contributed by atoms with E-state index in [1.54, 1.807) is 0 Å². The maximum absolute atomic E-state index is 10.8. The van der Waals surface area contributed by atoms with Crippen molar-refractivity contribution in [1.29, 1.82) is 0 Å². The van der Waals surface area contributed by atoms with Gasteiger partial charge in [0.15, 0.2) is 0 Å². The van der Waals surface area contributed by atoms with E-state index in [0.29, 0.717) is 12.0 Å². The van der Waals surface area contributed by atoms with E-state index in [2.05, 4.69) is 35.3 Å². The first-order chi connectivity index (χ1) is 7.63. The van der Waals surface area contributed by atoms with Crippen LogP contribution in [-0.2, 0) is 9.53 Å². The minimum atomic E-state index is -0.431. The summed E-state index contributed by atoms with van der Waals surface area (Å²) in [6.07, 6.45) is 3.20. The Hall–Kier alpha value is -1.01. The van der Waals surface area contributed by atoms with Crippen LogP contribution in [0.5, 0.6) is 0 Å². The van der Waals surface area contributed by atoms with E-state index in [0.717, 1.165) is 19.5 Å². The lowest BCUT2D eigenvalue weighted by molar-refractivity contribution is -0.133. The van der Waals surface area contributed by atoms with Crippen LogP contribution >= 0.6 is 0 Å². The number of carbonyl (C=O) groups is 1. The topological polar surface area (TPSA) is 29.5 Å². The third kappa shape index (κ3) is 4.24. The van der Waals surface area contributed by atoms with Crippen molar-refractivity contribution in [2.24, 2.45) is 5.92 Å². The normalized spacial score (nSPS) is 18.0. The Morgan fingerprint density at radius 2 is 2.06 bits per heavy atom. The van der Waals surface area contributed by atoms with E-state index in [9.17, 15) is 4.79 Å². The molecule has 1 rings (SSSR count). The molecule has 0 atom stereocenters. The summed E-state index contributed by atoms with van der Waals surface area (Å²) in [6.45, 7) is 6.78. The van der Waals surface area contributed by atoms with Crippen LogP contribution in [0.15, 0.2) is 0 Å². The van der Waals surface area contributed by atoms with Crippen molar-refractivity contribution in [1.82, 2.24) is 4.90 Å². The molecule has 1 heterocycles. The van der Waals surface area contributed by atoms with Crippen LogP contribution in [0.25, 0.3) is 0 Å². The van der Waals surface area contributed by atoms with Crippen LogP contribution in [0.3, 0.4) is 0 Å². The minimum Gasteiger partial charge on any atom is -0.459 e. The van der Waals surface area contributed by atoms with Crippen LogP contribution in [-0.4, -0.2) is 37.1 Å². The Labute approximate surface area is 98.1 Å². The maximum atomic E-state index is 10.8. The van der Waals surface area contributed by atoms with Gasteiger partial charge in [0.05, 0.1) is 7.11 Å². The van der Waals surface area contributed by atoms with Crippen molar-refractivity contribution in [3.8, 4) is 11.8 Å². The maximum Gasteiger partial charge on any atom is 0.384 e. The molecule has 1 aliphatic heterocycles. The summed E-state index contributed by atoms with van der Waals surface area (Å²) in [5.74, 6) is 5.61. The van der Waals surface area contributed by atoms with Crippen molar-refractivity contribution >= 4 is 5.97 Å². The summed E-state index contributed by atoms with van der Waals surface area (Å²) in [7, 11) is 1.36. The molecule has 0 aromatic rings. The number of rotatable bonds is 2. The van der Waals surface area contributed by atoms with Crippen molar-refractivity contribution in [3.63, 3.8) is 0 Å². The van der Waals surface area contributed by atoms with Gasteiger partial charge in [0.1, 0.15) is 0 Å². The van der Waals surface area contributed by atoms with E-state index in [1.807, 2.05) is 0 Å². The molecule has 16 heavy (non-hydrogen) atoms. The predicted octanol–water partition coefficient (Wildman–Crippen LogP) is 1.67. The summed E-state index contributed by atoms with van der Waals surface area (Å²) < 4.78 is 4.47. The van der Waals surface area contributed by atoms with Gasteiger partial charge < -0.3 is 9.64 Å². The van der Waals surface area contributed by atoms with Crippen LogP contribution in [0.4, 0.5) is 0 Å². The fourth-order valence-corrected chi connectivity index (χ4v) is 1.99. The van der Waals surface area contributed by atoms with E-state index in [4.69, 9.17) is 0 Å². The van der Waals surface area contributed by atoms with E-state index < -0.39 is 5.97 Å². The fraction of sp³-hybridized carbons (Fsp3) is 0.769. The van der Waals surface area contributed by atoms with E-state index in [-0.39, 0.29) is 0 Å². The van der Waals surface area contributed by atoms with Gasteiger partial charge in [0.25, 0.3) is 0 Å². The van der Waals surface area contributed by atoms with Crippen molar-refractivity contribution < 1.29 is 9.53 Å². The van der Waals surface area contributed by atoms with Crippen molar-refractivity contribution in [2.75, 3.05) is 20.2 Å². The van der Waals surface area contributed by atoms with Gasteiger partial charge in [-0.05, 0) is 45.7 Å². The Balaban J connectivity index is 2.26. The Morgan fingerprint density at radius 3 is 2.56 bits per heavy atom. The second-order valence-corrected chi connectivity index (χ2v) is 4.57. The molecule has 0 amide bonds. The highest BCUT2D eigenvalue weighted by atomic mass is 16.5. The molecule has 0 N–H and O–H groups in total. The molecule has 90 valence electrons. The number of piperidine rings is 1. The molecule has 0 aromatic carbocycles. The smallest absolute Gasteiger partial charge is 0.384 e. The molecular weight excluding hydrogens is 202 g/mol. The van der Waals surface area contributed by atoms with E-state index >= 15 is 0 Å². The fourth-order valence-electron chi connectivity index (χ4n) is 1.99. The van der Waals surface area contributed by atoms with Gasteiger partial charge in [-0.25, -0.2) is 4.79 Å². The average Bonchev–Trinajstić information content (AvgIpc) is 2.29. The zero-order valence-corrected chi connectivity index (χ0v) is 10.5. The largest absolute Gasteiger partial charge is 0.459 e. The van der Waals surface area contributed by atoms with Gasteiger partial charge in [0, 0.05) is 18.4 Å². The molecule has 1 saturated heterocycles. The van der Waals surface area contributed by atoms with Gasteiger partial charge in [-0.3, -0.25) is 0 Å². The molecule has 1 fully saturated rings. The Morgan fingerprint density at radius 1 is 1.44 bits per heavy atom. The summed E-state index contributed by atoms with van der Waals surface area (Å²) >= 11 is 0. The van der Waals surface area contributed by atoms with Crippen molar-refractivity contribution in [3.05, 3.63) is 0 Å². The number of hydrogen-bond donors (Lipinski definition) is 0. The highest BCUT2D eigenvalue weighted by Gasteiger charge is 2.19. The molecule has 3 nitrogen and oxygen atoms in total. The van der Waals surface area contributed by atoms with E-state index in [1.165, 1.54) is 20.0 Å². The lowest BCUT2D eigenvalue weighted by Crippen LogP contribution is -2.38. The second-order valence-electron chi connectivity index (χ2n) is 4.57. The summed E-state index contributed by atoms with van der Waals surface area (Å²) in [4.78, 5) is 13.3. The number of carbonyl (C=O) groups excluding carboxylic acids is 1. The number of nitrogens with zero attached hydrogens (tertiary/aromatic N) is 1. The summed E-state index contributed by atoms with van der Waals surface area (Å²) in [6, 6.07) is 0.641. The van der Waals surface area contributed by atoms with Crippen molar-refractivity contribution in [2.45, 2.75) is 39.2 Å². The standard InChI is InChI=1S/C13H21NO2/c1-11(2)14-9-7-12(8-10-14)5-4-6-13(15)16-3/h11-12H,5,7-10H2,1-3H3. The Kier molecular flexibility index (Phi) is 5.34. The van der Waals surface area contributed by atoms with Crippen LogP contribution in [0.1, 0.15) is 33.1 Å². The molecular formula is C13H21NO2. The van der Waals surface area contributed by atoms with Crippen LogP contribution < -0.4 is 0 Å². The molecule has 0 aromatic heterocycles. The molecule has 0 radical (unpaired) electrons. The monoisotopic (exact) mass is 223 g/mol. The number of hydrogen-bond acceptors (Lipinski definition) is 3. The van der Waals surface area contributed by atoms with Gasteiger partial charge in [-0.2, -0.15) is 0 Å². The third-order valence-electron chi connectivity index (χ3n) is 3.15. The summed E-state index contributed by atoms with van der Waals surface area (Å²) in [5, 5.41) is 0. The minimum absolute atomic E-state index is 0.431. The number of methoxy groups -OCH3 is 1. The van der Waals surface area contributed by atoms with Gasteiger partial charge in [-0.15, -0.1) is 0 Å². The number of likely N-dealkylation sites (tertiary alicyclic amines) is 1. The number of esters is 1. The first-order valence-corrected chi connectivity index (χ1v) is 5.94. The first-order valence-electron chi connectivity index (χ1n) is 5.94. The highest BCUT2D eigenvalue weighted by molar-refractivity contribution is 5.88. The summed E-state index contributed by atoms with van der Waals surface area (Å²) in [5.41, 5.74) is 0. The quantitative estimate of drug-likeness (QED) is 0.405. The third-order valence-corrected chi connectivity index (χ3v) is 3.15. The molecule has 0 aliphatic carbocycles. The molecule has 0 unspecified atom stereocenters. The zero-order chi connectivity index (χ0) is 12.0. The Bertz CT molecular complexity index is 280. The van der Waals surface area contributed by atoms with Gasteiger partial charge >= 0.3 is 5.97 Å².